The van der Waals surface area contributed by atoms with E-state index in [-0.39, 0.29) is 42.4 Å². The highest BCUT2D eigenvalue weighted by molar-refractivity contribution is 5.60. The molecule has 3 N–H and O–H groups in total. The van der Waals surface area contributed by atoms with E-state index in [0.717, 1.165) is 37.3 Å². The van der Waals surface area contributed by atoms with Crippen molar-refractivity contribution in [1.29, 1.82) is 0 Å². The Balaban J connectivity index is 1.34. The maximum Gasteiger partial charge on any atom is 0.420 e. The summed E-state index contributed by atoms with van der Waals surface area (Å²) in [7, 11) is 1.86. The van der Waals surface area contributed by atoms with Gasteiger partial charge >= 0.3 is 12.2 Å². The third-order valence-corrected chi connectivity index (χ3v) is 8.38. The number of halogens is 4. The van der Waals surface area contributed by atoms with Gasteiger partial charge in [-0.2, -0.15) is 23.1 Å². The van der Waals surface area contributed by atoms with Crippen molar-refractivity contribution in [1.82, 2.24) is 25.2 Å². The van der Waals surface area contributed by atoms with Crippen LogP contribution in [-0.2, 0) is 19.1 Å². The van der Waals surface area contributed by atoms with Crippen LogP contribution in [0.3, 0.4) is 0 Å². The van der Waals surface area contributed by atoms with Gasteiger partial charge in [-0.1, -0.05) is 0 Å². The van der Waals surface area contributed by atoms with E-state index >= 15 is 0 Å². The smallest absolute Gasteiger partial charge is 0.420 e. The third kappa shape index (κ3) is 5.18. The number of nitrogens with two attached hydrogens (primary N) is 1. The van der Waals surface area contributed by atoms with Crippen molar-refractivity contribution >= 4 is 17.5 Å². The molecule has 0 radical (unpaired) electrons. The van der Waals surface area contributed by atoms with Gasteiger partial charge in [0.2, 0.25) is 0 Å². The second-order valence-electron chi connectivity index (χ2n) is 11.3. The van der Waals surface area contributed by atoms with Gasteiger partial charge in [-0.05, 0) is 51.3 Å². The Hall–Kier alpha value is -2.93. The quantitative estimate of drug-likeness (QED) is 0.545. The number of aryl methyl sites for hydroxylation is 1. The standard InChI is InChI=1S/C26H34F4N8O/c1-14-7-21(31)34-24(22(14)26(28,29)30)37-6-5-19-20(12-37)33-25(39-13-18-8-15(27)9-36(18)2)35-23(19)38-10-16-3-4-17(11-38)32-16/h7,15-18,32H,3-6,8-13H2,1-2H3,(H2,31,34)/t15-,16?,17?,18+/m1/s1. The third-order valence-electron chi connectivity index (χ3n) is 8.38. The number of anilines is 3. The van der Waals surface area contributed by atoms with Gasteiger partial charge in [0.25, 0.3) is 0 Å². The zero-order valence-corrected chi connectivity index (χ0v) is 22.1. The van der Waals surface area contributed by atoms with Crippen LogP contribution in [-0.4, -0.2) is 84.0 Å². The molecule has 0 amide bonds. The number of hydrogen-bond acceptors (Lipinski definition) is 9. The van der Waals surface area contributed by atoms with Crippen molar-refractivity contribution in [3.8, 4) is 6.01 Å². The number of alkyl halides is 4. The Bertz CT molecular complexity index is 1230. The minimum atomic E-state index is -4.58. The first-order chi connectivity index (χ1) is 18.5. The predicted octanol–water partition coefficient (Wildman–Crippen LogP) is 2.71. The van der Waals surface area contributed by atoms with Crippen LogP contribution >= 0.6 is 0 Å². The largest absolute Gasteiger partial charge is 0.462 e. The average Bonchev–Trinajstić information content (AvgIpc) is 3.38. The number of nitrogen functional groups attached to an aromatic ring is 1. The lowest BCUT2D eigenvalue weighted by Crippen LogP contribution is -2.52. The van der Waals surface area contributed by atoms with E-state index in [1.54, 1.807) is 4.90 Å². The molecular formula is C26H34F4N8O. The summed E-state index contributed by atoms with van der Waals surface area (Å²) in [6.07, 6.45) is -2.43. The lowest BCUT2D eigenvalue weighted by atomic mass is 10.0. The Morgan fingerprint density at radius 2 is 1.82 bits per heavy atom. The second kappa shape index (κ2) is 9.92. The molecule has 2 unspecified atom stereocenters. The van der Waals surface area contributed by atoms with Crippen molar-refractivity contribution in [3.63, 3.8) is 0 Å². The van der Waals surface area contributed by atoms with Crippen molar-refractivity contribution in [3.05, 3.63) is 28.5 Å². The Labute approximate surface area is 224 Å². The Kier molecular flexibility index (Phi) is 6.69. The monoisotopic (exact) mass is 550 g/mol. The normalized spacial score (nSPS) is 27.2. The van der Waals surface area contributed by atoms with E-state index < -0.39 is 17.9 Å². The molecule has 13 heteroatoms. The zero-order valence-electron chi connectivity index (χ0n) is 22.1. The number of likely N-dealkylation sites (N-methyl/N-ethyl adjacent to an activating group) is 1. The molecule has 0 saturated carbocycles. The number of aromatic nitrogens is 3. The van der Waals surface area contributed by atoms with E-state index in [2.05, 4.69) is 20.2 Å². The molecule has 3 fully saturated rings. The van der Waals surface area contributed by atoms with E-state index in [1.165, 1.54) is 13.0 Å². The number of nitrogens with zero attached hydrogens (tertiary/aromatic N) is 6. The molecule has 0 spiro atoms. The number of ether oxygens (including phenoxy) is 1. The van der Waals surface area contributed by atoms with Gasteiger partial charge in [-0.3, -0.25) is 4.90 Å². The molecule has 4 aliphatic heterocycles. The second-order valence-corrected chi connectivity index (χ2v) is 11.3. The molecule has 3 saturated heterocycles. The van der Waals surface area contributed by atoms with E-state index in [0.29, 0.717) is 43.7 Å². The van der Waals surface area contributed by atoms with Crippen LogP contribution in [0.5, 0.6) is 6.01 Å². The SMILES string of the molecule is Cc1cc(N)nc(N2CCc3c(nc(OC[C@@H]4C[C@@H](F)CN4C)nc3N3CC4CCC(C3)N4)C2)c1C(F)(F)F. The van der Waals surface area contributed by atoms with Crippen molar-refractivity contribution in [2.24, 2.45) is 0 Å². The number of pyridine rings is 1. The highest BCUT2D eigenvalue weighted by atomic mass is 19.4. The molecule has 6 rings (SSSR count). The van der Waals surface area contributed by atoms with E-state index in [4.69, 9.17) is 15.5 Å². The van der Waals surface area contributed by atoms with Gasteiger partial charge in [0.15, 0.2) is 0 Å². The summed E-state index contributed by atoms with van der Waals surface area (Å²) in [4.78, 5) is 19.4. The van der Waals surface area contributed by atoms with Crippen molar-refractivity contribution in [2.45, 2.75) is 69.6 Å². The van der Waals surface area contributed by atoms with Crippen molar-refractivity contribution in [2.75, 3.05) is 55.4 Å². The summed E-state index contributed by atoms with van der Waals surface area (Å²) in [5, 5.41) is 3.62. The number of hydrogen-bond donors (Lipinski definition) is 2. The summed E-state index contributed by atoms with van der Waals surface area (Å²) in [6, 6.07) is 2.07. The highest BCUT2D eigenvalue weighted by Gasteiger charge is 2.40. The number of fused-ring (bicyclic) bond motifs is 3. The number of nitrogens with one attached hydrogen (secondary N) is 1. The minimum Gasteiger partial charge on any atom is -0.462 e. The lowest BCUT2D eigenvalue weighted by molar-refractivity contribution is -0.137. The summed E-state index contributed by atoms with van der Waals surface area (Å²) in [5.41, 5.74) is 6.67. The van der Waals surface area contributed by atoms with Crippen LogP contribution in [0.25, 0.3) is 0 Å². The fraction of sp³-hybridized carbons (Fsp3) is 0.654. The highest BCUT2D eigenvalue weighted by Crippen LogP contribution is 2.41. The van der Waals surface area contributed by atoms with Crippen LogP contribution in [0.2, 0.25) is 0 Å². The number of rotatable bonds is 5. The molecule has 0 aliphatic carbocycles. The summed E-state index contributed by atoms with van der Waals surface area (Å²) >= 11 is 0. The van der Waals surface area contributed by atoms with E-state index in [1.807, 2.05) is 11.9 Å². The maximum absolute atomic E-state index is 14.1. The molecule has 2 bridgehead atoms. The van der Waals surface area contributed by atoms with Gasteiger partial charge in [0, 0.05) is 49.9 Å². The summed E-state index contributed by atoms with van der Waals surface area (Å²) < 4.78 is 62.1. The molecule has 4 atom stereocenters. The Morgan fingerprint density at radius 3 is 2.49 bits per heavy atom. The predicted molar refractivity (Wildman–Crippen MR) is 139 cm³/mol. The molecule has 212 valence electrons. The molecule has 0 aromatic carbocycles. The molecule has 6 heterocycles. The topological polar surface area (TPSA) is 95.7 Å². The molecule has 39 heavy (non-hydrogen) atoms. The summed E-state index contributed by atoms with van der Waals surface area (Å²) in [6.45, 7) is 4.03. The zero-order chi connectivity index (χ0) is 27.5. The van der Waals surface area contributed by atoms with Crippen LogP contribution < -0.4 is 25.6 Å². The fourth-order valence-corrected chi connectivity index (χ4v) is 6.50. The van der Waals surface area contributed by atoms with Gasteiger partial charge in [0.1, 0.15) is 35.8 Å². The van der Waals surface area contributed by atoms with Crippen molar-refractivity contribution < 1.29 is 22.3 Å². The minimum absolute atomic E-state index is 0.0336. The fourth-order valence-electron chi connectivity index (χ4n) is 6.50. The molecule has 2 aromatic rings. The van der Waals surface area contributed by atoms with Crippen LogP contribution in [0.4, 0.5) is 35.0 Å². The Morgan fingerprint density at radius 1 is 1.08 bits per heavy atom. The number of piperazine rings is 1. The molecule has 2 aromatic heterocycles. The molecular weight excluding hydrogens is 516 g/mol. The van der Waals surface area contributed by atoms with Gasteiger partial charge in [-0.25, -0.2) is 9.37 Å². The number of likely N-dealkylation sites (tertiary alicyclic amines) is 1. The lowest BCUT2D eigenvalue weighted by Gasteiger charge is -2.37. The van der Waals surface area contributed by atoms with Gasteiger partial charge in [-0.15, -0.1) is 0 Å². The first-order valence-electron chi connectivity index (χ1n) is 13.5. The summed E-state index contributed by atoms with van der Waals surface area (Å²) in [5.74, 6) is 0.635. The van der Waals surface area contributed by atoms with E-state index in [9.17, 15) is 17.6 Å². The first kappa shape index (κ1) is 26.3. The van der Waals surface area contributed by atoms with Gasteiger partial charge in [0.05, 0.1) is 12.2 Å². The van der Waals surface area contributed by atoms with Gasteiger partial charge < -0.3 is 25.6 Å². The van der Waals surface area contributed by atoms with Crippen LogP contribution in [0, 0.1) is 6.92 Å². The maximum atomic E-state index is 14.1. The van der Waals surface area contributed by atoms with Crippen LogP contribution in [0.1, 0.15) is 41.6 Å². The first-order valence-corrected chi connectivity index (χ1v) is 13.5. The molecule has 4 aliphatic rings. The van der Waals surface area contributed by atoms with Crippen LogP contribution in [0.15, 0.2) is 6.07 Å². The average molecular weight is 551 g/mol. The molecule has 9 nitrogen and oxygen atoms in total.